The van der Waals surface area contributed by atoms with Crippen molar-refractivity contribution < 1.29 is 4.79 Å². The van der Waals surface area contributed by atoms with E-state index in [-0.39, 0.29) is 23.9 Å². The Morgan fingerprint density at radius 3 is 2.35 bits per heavy atom. The number of amides is 1. The SMILES string of the molecule is CCN(CC)CC1CCN(C(=O)C2NCCCC2(C)C)CC1.Cl. The number of nitrogens with one attached hydrogen (secondary N) is 1. The van der Waals surface area contributed by atoms with Gasteiger partial charge in [0.15, 0.2) is 0 Å². The molecule has 1 amide bonds. The molecule has 4 nitrogen and oxygen atoms in total. The Morgan fingerprint density at radius 1 is 1.22 bits per heavy atom. The van der Waals surface area contributed by atoms with Gasteiger partial charge in [0.2, 0.25) is 5.91 Å². The summed E-state index contributed by atoms with van der Waals surface area (Å²) in [5.74, 6) is 1.10. The molecule has 1 atom stereocenters. The van der Waals surface area contributed by atoms with Crippen LogP contribution in [-0.2, 0) is 4.79 Å². The lowest BCUT2D eigenvalue weighted by atomic mass is 9.76. The van der Waals surface area contributed by atoms with Crippen LogP contribution in [0.1, 0.15) is 53.4 Å². The summed E-state index contributed by atoms with van der Waals surface area (Å²) in [4.78, 5) is 17.5. The van der Waals surface area contributed by atoms with Gasteiger partial charge in [-0.3, -0.25) is 4.79 Å². The van der Waals surface area contributed by atoms with Gasteiger partial charge in [0, 0.05) is 19.6 Å². The summed E-state index contributed by atoms with van der Waals surface area (Å²) in [6.07, 6.45) is 4.66. The van der Waals surface area contributed by atoms with E-state index in [9.17, 15) is 4.79 Å². The number of carbonyl (C=O) groups is 1. The van der Waals surface area contributed by atoms with Crippen molar-refractivity contribution in [2.75, 3.05) is 39.3 Å². The molecule has 2 fully saturated rings. The third-order valence-electron chi connectivity index (χ3n) is 5.71. The van der Waals surface area contributed by atoms with E-state index >= 15 is 0 Å². The second kappa shape index (κ2) is 9.24. The highest BCUT2D eigenvalue weighted by Gasteiger charge is 2.39. The average Bonchev–Trinajstić information content (AvgIpc) is 2.52. The lowest BCUT2D eigenvalue weighted by Crippen LogP contribution is -2.57. The first-order chi connectivity index (χ1) is 10.5. The molecule has 0 radical (unpaired) electrons. The minimum absolute atomic E-state index is 0. The molecule has 0 aromatic heterocycles. The molecule has 0 aliphatic carbocycles. The van der Waals surface area contributed by atoms with Crippen LogP contribution in [-0.4, -0.2) is 61.0 Å². The lowest BCUT2D eigenvalue weighted by molar-refractivity contribution is -0.138. The number of rotatable bonds is 5. The highest BCUT2D eigenvalue weighted by molar-refractivity contribution is 5.85. The first kappa shape index (κ1) is 20.7. The van der Waals surface area contributed by atoms with E-state index in [1.54, 1.807) is 0 Å². The second-order valence-electron chi connectivity index (χ2n) is 7.73. The number of halogens is 1. The molecule has 2 saturated heterocycles. The highest BCUT2D eigenvalue weighted by atomic mass is 35.5. The summed E-state index contributed by atoms with van der Waals surface area (Å²) in [6, 6.07) is 0.0144. The van der Waals surface area contributed by atoms with Gasteiger partial charge in [-0.05, 0) is 56.7 Å². The van der Waals surface area contributed by atoms with Gasteiger partial charge >= 0.3 is 0 Å². The van der Waals surface area contributed by atoms with Gasteiger partial charge in [-0.2, -0.15) is 0 Å². The Balaban J connectivity index is 0.00000264. The first-order valence-electron chi connectivity index (χ1n) is 9.22. The zero-order valence-corrected chi connectivity index (χ0v) is 16.3. The molecule has 2 aliphatic heterocycles. The smallest absolute Gasteiger partial charge is 0.240 e. The van der Waals surface area contributed by atoms with E-state index in [4.69, 9.17) is 0 Å². The van der Waals surface area contributed by atoms with Gasteiger partial charge in [-0.1, -0.05) is 27.7 Å². The maximum atomic E-state index is 12.9. The van der Waals surface area contributed by atoms with Gasteiger partial charge in [0.1, 0.15) is 0 Å². The van der Waals surface area contributed by atoms with Crippen LogP contribution in [0.4, 0.5) is 0 Å². The number of hydrogen-bond acceptors (Lipinski definition) is 3. The number of likely N-dealkylation sites (tertiary alicyclic amines) is 1. The van der Waals surface area contributed by atoms with E-state index in [1.807, 2.05) is 0 Å². The van der Waals surface area contributed by atoms with Crippen LogP contribution in [0, 0.1) is 11.3 Å². The molecule has 0 bridgehead atoms. The maximum absolute atomic E-state index is 12.9. The maximum Gasteiger partial charge on any atom is 0.240 e. The minimum atomic E-state index is 0. The standard InChI is InChI=1S/C18H35N3O.ClH/c1-5-20(6-2)14-15-8-12-21(13-9-15)17(22)16-18(3,4)10-7-11-19-16;/h15-16,19H,5-14H2,1-4H3;1H. The third-order valence-corrected chi connectivity index (χ3v) is 5.71. The van der Waals surface area contributed by atoms with Gasteiger partial charge in [-0.25, -0.2) is 0 Å². The molecule has 2 rings (SSSR count). The number of piperidine rings is 2. The van der Waals surface area contributed by atoms with Crippen molar-refractivity contribution in [3.8, 4) is 0 Å². The Labute approximate surface area is 148 Å². The van der Waals surface area contributed by atoms with Crippen LogP contribution in [0.25, 0.3) is 0 Å². The molecule has 2 aliphatic rings. The largest absolute Gasteiger partial charge is 0.341 e. The van der Waals surface area contributed by atoms with Crippen molar-refractivity contribution >= 4 is 18.3 Å². The quantitative estimate of drug-likeness (QED) is 0.832. The molecule has 2 heterocycles. The molecular weight excluding hydrogens is 310 g/mol. The second-order valence-corrected chi connectivity index (χ2v) is 7.73. The molecule has 0 saturated carbocycles. The van der Waals surface area contributed by atoms with Gasteiger partial charge in [0.05, 0.1) is 6.04 Å². The lowest BCUT2D eigenvalue weighted by Gasteiger charge is -2.42. The van der Waals surface area contributed by atoms with Crippen LogP contribution in [0.15, 0.2) is 0 Å². The van der Waals surface area contributed by atoms with Gasteiger partial charge in [-0.15, -0.1) is 12.4 Å². The third kappa shape index (κ3) is 5.33. The molecule has 136 valence electrons. The van der Waals surface area contributed by atoms with Crippen molar-refractivity contribution in [1.82, 2.24) is 15.1 Å². The summed E-state index contributed by atoms with van der Waals surface area (Å²) in [5, 5.41) is 3.47. The highest BCUT2D eigenvalue weighted by Crippen LogP contribution is 2.32. The zero-order chi connectivity index (χ0) is 16.2. The molecule has 0 aromatic carbocycles. The molecule has 5 heteroatoms. The summed E-state index contributed by atoms with van der Waals surface area (Å²) >= 11 is 0. The number of hydrogen-bond donors (Lipinski definition) is 1. The topological polar surface area (TPSA) is 35.6 Å². The predicted octanol–water partition coefficient (Wildman–Crippen LogP) is 2.77. The molecule has 0 aromatic rings. The fraction of sp³-hybridized carbons (Fsp3) is 0.944. The number of nitrogens with zero attached hydrogens (tertiary/aromatic N) is 2. The predicted molar refractivity (Wildman–Crippen MR) is 99.1 cm³/mol. The van der Waals surface area contributed by atoms with Crippen LogP contribution in [0.3, 0.4) is 0 Å². The van der Waals surface area contributed by atoms with Crippen LogP contribution < -0.4 is 5.32 Å². The van der Waals surface area contributed by atoms with Crippen molar-refractivity contribution in [2.45, 2.75) is 59.4 Å². The first-order valence-corrected chi connectivity index (χ1v) is 9.22. The molecular formula is C18H36ClN3O. The van der Waals surface area contributed by atoms with Crippen molar-refractivity contribution in [3.05, 3.63) is 0 Å². The van der Waals surface area contributed by atoms with Crippen molar-refractivity contribution in [1.29, 1.82) is 0 Å². The summed E-state index contributed by atoms with van der Waals surface area (Å²) in [5.41, 5.74) is 0.0907. The van der Waals surface area contributed by atoms with Gasteiger partial charge < -0.3 is 15.1 Å². The normalized spacial score (nSPS) is 25.3. The number of carbonyl (C=O) groups excluding carboxylic acids is 1. The summed E-state index contributed by atoms with van der Waals surface area (Å²) in [6.45, 7) is 15.3. The fourth-order valence-electron chi connectivity index (χ4n) is 4.00. The molecule has 23 heavy (non-hydrogen) atoms. The van der Waals surface area contributed by atoms with Crippen molar-refractivity contribution in [2.24, 2.45) is 11.3 Å². The summed E-state index contributed by atoms with van der Waals surface area (Å²) in [7, 11) is 0. The Morgan fingerprint density at radius 2 is 1.83 bits per heavy atom. The van der Waals surface area contributed by atoms with E-state index in [0.717, 1.165) is 57.9 Å². The molecule has 1 N–H and O–H groups in total. The monoisotopic (exact) mass is 345 g/mol. The Hall–Kier alpha value is -0.320. The van der Waals surface area contributed by atoms with E-state index in [0.29, 0.717) is 5.91 Å². The fourth-order valence-corrected chi connectivity index (χ4v) is 4.00. The van der Waals surface area contributed by atoms with Crippen LogP contribution in [0.2, 0.25) is 0 Å². The van der Waals surface area contributed by atoms with E-state index in [1.165, 1.54) is 13.0 Å². The average molecular weight is 346 g/mol. The Kier molecular flexibility index (Phi) is 8.32. The zero-order valence-electron chi connectivity index (χ0n) is 15.4. The van der Waals surface area contributed by atoms with E-state index < -0.39 is 0 Å². The Bertz CT molecular complexity index is 363. The molecule has 1 unspecified atom stereocenters. The van der Waals surface area contributed by atoms with Gasteiger partial charge in [0.25, 0.3) is 0 Å². The molecule has 0 spiro atoms. The van der Waals surface area contributed by atoms with E-state index in [2.05, 4.69) is 42.8 Å². The minimum Gasteiger partial charge on any atom is -0.341 e. The summed E-state index contributed by atoms with van der Waals surface area (Å²) < 4.78 is 0. The van der Waals surface area contributed by atoms with Crippen molar-refractivity contribution in [3.63, 3.8) is 0 Å². The van der Waals surface area contributed by atoms with Crippen LogP contribution in [0.5, 0.6) is 0 Å². The van der Waals surface area contributed by atoms with Crippen LogP contribution >= 0.6 is 12.4 Å².